The maximum absolute atomic E-state index is 11.0. The summed E-state index contributed by atoms with van der Waals surface area (Å²) in [5, 5.41) is 0. The Morgan fingerprint density at radius 1 is 1.21 bits per heavy atom. The molecule has 0 fully saturated rings. The predicted octanol–water partition coefficient (Wildman–Crippen LogP) is 3.76. The molecule has 0 amide bonds. The van der Waals surface area contributed by atoms with Gasteiger partial charge in [0.2, 0.25) is 0 Å². The minimum atomic E-state index is -0.390. The molecule has 0 N–H and O–H groups in total. The molecule has 1 aliphatic rings. The van der Waals surface area contributed by atoms with Crippen LogP contribution in [-0.4, -0.2) is 41.4 Å². The van der Waals surface area contributed by atoms with Crippen molar-refractivity contribution < 1.29 is 19.1 Å². The highest BCUT2D eigenvalue weighted by Crippen LogP contribution is 2.40. The van der Waals surface area contributed by atoms with E-state index in [4.69, 9.17) is 9.47 Å². The number of rotatable bonds is 10. The van der Waals surface area contributed by atoms with Crippen molar-refractivity contribution in [2.75, 3.05) is 24.7 Å². The molecule has 2 unspecified atom stereocenters. The van der Waals surface area contributed by atoms with Crippen molar-refractivity contribution in [2.24, 2.45) is 5.92 Å². The highest BCUT2D eigenvalue weighted by molar-refractivity contribution is 8.03. The summed E-state index contributed by atoms with van der Waals surface area (Å²) in [6.07, 6.45) is 8.86. The van der Waals surface area contributed by atoms with Crippen molar-refractivity contribution in [3.05, 3.63) is 48.4 Å². The van der Waals surface area contributed by atoms with Crippen LogP contribution in [0.1, 0.15) is 13.8 Å². The molecule has 0 heterocycles. The number of esters is 2. The molecule has 4 nitrogen and oxygen atoms in total. The predicted molar refractivity (Wildman–Crippen MR) is 102 cm³/mol. The van der Waals surface area contributed by atoms with E-state index < -0.39 is 5.97 Å². The molecule has 0 radical (unpaired) electrons. The SMILES string of the molecule is C=CC(=O)OCCSC1=CC(C)C(C)(SCCOC(=O)C=C)C=C1. The lowest BCUT2D eigenvalue weighted by atomic mass is 9.91. The van der Waals surface area contributed by atoms with E-state index in [0.717, 1.165) is 5.75 Å². The quantitative estimate of drug-likeness (QED) is 0.332. The van der Waals surface area contributed by atoms with Crippen molar-refractivity contribution in [3.8, 4) is 0 Å². The second-order valence-corrected chi connectivity index (χ2v) is 8.06. The largest absolute Gasteiger partial charge is 0.462 e. The summed E-state index contributed by atoms with van der Waals surface area (Å²) >= 11 is 3.43. The van der Waals surface area contributed by atoms with Gasteiger partial charge in [-0.1, -0.05) is 38.3 Å². The molecule has 1 rings (SSSR count). The van der Waals surface area contributed by atoms with E-state index in [1.165, 1.54) is 17.1 Å². The van der Waals surface area contributed by atoms with Crippen LogP contribution in [0.5, 0.6) is 0 Å². The van der Waals surface area contributed by atoms with Gasteiger partial charge in [0.1, 0.15) is 13.2 Å². The number of carbonyl (C=O) groups is 2. The third-order valence-electron chi connectivity index (χ3n) is 3.57. The molecule has 0 saturated heterocycles. The molecule has 0 bridgehead atoms. The molecular formula is C18H24O4S2. The summed E-state index contributed by atoms with van der Waals surface area (Å²) in [6, 6.07) is 0. The fourth-order valence-corrected chi connectivity index (χ4v) is 3.93. The van der Waals surface area contributed by atoms with Gasteiger partial charge in [-0.25, -0.2) is 9.59 Å². The van der Waals surface area contributed by atoms with E-state index in [1.54, 1.807) is 23.5 Å². The minimum Gasteiger partial charge on any atom is -0.462 e. The summed E-state index contributed by atoms with van der Waals surface area (Å²) < 4.78 is 9.94. The monoisotopic (exact) mass is 368 g/mol. The Balaban J connectivity index is 2.37. The average Bonchev–Trinajstić information content (AvgIpc) is 2.58. The van der Waals surface area contributed by atoms with Gasteiger partial charge in [0.15, 0.2) is 0 Å². The van der Waals surface area contributed by atoms with Gasteiger partial charge < -0.3 is 9.47 Å². The van der Waals surface area contributed by atoms with Gasteiger partial charge in [-0.15, -0.1) is 23.5 Å². The minimum absolute atomic E-state index is 0.0278. The van der Waals surface area contributed by atoms with Crippen LogP contribution in [0.25, 0.3) is 0 Å². The van der Waals surface area contributed by atoms with Crippen LogP contribution in [0.15, 0.2) is 48.4 Å². The smallest absolute Gasteiger partial charge is 0.330 e. The molecule has 0 aromatic carbocycles. The van der Waals surface area contributed by atoms with Crippen molar-refractivity contribution >= 4 is 35.5 Å². The molecule has 2 atom stereocenters. The highest BCUT2D eigenvalue weighted by Gasteiger charge is 2.30. The van der Waals surface area contributed by atoms with Crippen molar-refractivity contribution in [3.63, 3.8) is 0 Å². The normalized spacial score (nSPS) is 22.4. The van der Waals surface area contributed by atoms with E-state index in [-0.39, 0.29) is 10.7 Å². The van der Waals surface area contributed by atoms with Gasteiger partial charge in [0, 0.05) is 33.3 Å². The lowest BCUT2D eigenvalue weighted by Crippen LogP contribution is -2.28. The van der Waals surface area contributed by atoms with Crippen LogP contribution in [0, 0.1) is 5.92 Å². The zero-order valence-corrected chi connectivity index (χ0v) is 15.8. The summed E-state index contributed by atoms with van der Waals surface area (Å²) in [5.74, 6) is 1.02. The van der Waals surface area contributed by atoms with Crippen molar-refractivity contribution in [1.82, 2.24) is 0 Å². The van der Waals surface area contributed by atoms with Gasteiger partial charge in [-0.2, -0.15) is 0 Å². The molecule has 1 aliphatic carbocycles. The third-order valence-corrected chi connectivity index (χ3v) is 6.04. The maximum atomic E-state index is 11.0. The van der Waals surface area contributed by atoms with Crippen LogP contribution in [0.3, 0.4) is 0 Å². The number of hydrogen-bond donors (Lipinski definition) is 0. The lowest BCUT2D eigenvalue weighted by molar-refractivity contribution is -0.138. The molecule has 0 spiro atoms. The van der Waals surface area contributed by atoms with E-state index in [0.29, 0.717) is 24.9 Å². The molecule has 6 heteroatoms. The van der Waals surface area contributed by atoms with Crippen LogP contribution in [0.2, 0.25) is 0 Å². The molecular weight excluding hydrogens is 344 g/mol. The number of ether oxygens (including phenoxy) is 2. The topological polar surface area (TPSA) is 52.6 Å². The van der Waals surface area contributed by atoms with Crippen molar-refractivity contribution in [2.45, 2.75) is 18.6 Å². The van der Waals surface area contributed by atoms with Crippen LogP contribution >= 0.6 is 23.5 Å². The van der Waals surface area contributed by atoms with Gasteiger partial charge >= 0.3 is 11.9 Å². The Labute approximate surface area is 152 Å². The first-order chi connectivity index (χ1) is 11.4. The molecule has 0 aromatic rings. The Morgan fingerprint density at radius 3 is 2.33 bits per heavy atom. The number of allylic oxidation sites excluding steroid dienone is 2. The molecule has 0 aromatic heterocycles. The standard InChI is InChI=1S/C18H24O4S2/c1-5-16(19)21-9-11-23-15-7-8-18(4,14(3)13-15)24-12-10-22-17(20)6-2/h5-8,13-14H,1-2,9-12H2,3-4H3. The Kier molecular flexibility index (Phi) is 9.00. The third kappa shape index (κ3) is 7.01. The Bertz CT molecular complexity index is 539. The lowest BCUT2D eigenvalue weighted by Gasteiger charge is -2.33. The van der Waals surface area contributed by atoms with E-state index >= 15 is 0 Å². The molecule has 0 saturated carbocycles. The zero-order chi connectivity index (χ0) is 18.0. The zero-order valence-electron chi connectivity index (χ0n) is 14.2. The average molecular weight is 369 g/mol. The Hall–Kier alpha value is -1.40. The fraction of sp³-hybridized carbons (Fsp3) is 0.444. The first-order valence-corrected chi connectivity index (χ1v) is 9.64. The summed E-state index contributed by atoms with van der Waals surface area (Å²) in [6.45, 7) is 11.8. The first kappa shape index (κ1) is 20.6. The van der Waals surface area contributed by atoms with Crippen LogP contribution in [0.4, 0.5) is 0 Å². The van der Waals surface area contributed by atoms with Gasteiger partial charge in [-0.05, 0) is 12.8 Å². The van der Waals surface area contributed by atoms with Gasteiger partial charge in [0.05, 0.1) is 0 Å². The van der Waals surface area contributed by atoms with E-state index in [9.17, 15) is 9.59 Å². The second-order valence-electron chi connectivity index (χ2n) is 5.32. The van der Waals surface area contributed by atoms with Gasteiger partial charge in [0.25, 0.3) is 0 Å². The summed E-state index contributed by atoms with van der Waals surface area (Å²) in [5.41, 5.74) is 0. The number of thioether (sulfide) groups is 2. The first-order valence-electron chi connectivity index (χ1n) is 7.67. The second kappa shape index (κ2) is 10.5. The molecule has 24 heavy (non-hydrogen) atoms. The van der Waals surface area contributed by atoms with Crippen molar-refractivity contribution in [1.29, 1.82) is 0 Å². The number of carbonyl (C=O) groups excluding carboxylic acids is 2. The highest BCUT2D eigenvalue weighted by atomic mass is 32.2. The van der Waals surface area contributed by atoms with E-state index in [2.05, 4.69) is 45.2 Å². The number of hydrogen-bond acceptors (Lipinski definition) is 6. The summed E-state index contributed by atoms with van der Waals surface area (Å²) in [4.78, 5) is 23.2. The summed E-state index contributed by atoms with van der Waals surface area (Å²) in [7, 11) is 0. The van der Waals surface area contributed by atoms with Crippen LogP contribution < -0.4 is 0 Å². The van der Waals surface area contributed by atoms with Gasteiger partial charge in [-0.3, -0.25) is 0 Å². The maximum Gasteiger partial charge on any atom is 0.330 e. The van der Waals surface area contributed by atoms with Crippen LogP contribution in [-0.2, 0) is 19.1 Å². The molecule has 132 valence electrons. The fourth-order valence-electron chi connectivity index (χ4n) is 1.97. The Morgan fingerprint density at radius 2 is 1.79 bits per heavy atom. The molecule has 0 aliphatic heterocycles. The van der Waals surface area contributed by atoms with E-state index in [1.807, 2.05) is 0 Å².